The van der Waals surface area contributed by atoms with Crippen molar-refractivity contribution < 1.29 is 14.1 Å². The number of benzene rings is 1. The first-order valence-electron chi connectivity index (χ1n) is 10.3. The molecule has 150 valence electrons. The molecular formula is C21H28N4O3. The maximum Gasteiger partial charge on any atom is 0.318 e. The normalized spacial score (nSPS) is 20.8. The molecule has 1 saturated carbocycles. The Bertz CT molecular complexity index is 800. The number of nitrogens with zero attached hydrogens (tertiary/aromatic N) is 3. The summed E-state index contributed by atoms with van der Waals surface area (Å²) in [5.41, 5.74) is 0.836. The molecule has 1 aliphatic heterocycles. The number of nitrogens with one attached hydrogen (secondary N) is 1. The second-order valence-electron chi connectivity index (χ2n) is 7.68. The predicted molar refractivity (Wildman–Crippen MR) is 105 cm³/mol. The fourth-order valence-electron chi connectivity index (χ4n) is 4.19. The molecule has 2 fully saturated rings. The Balaban J connectivity index is 1.49. The van der Waals surface area contributed by atoms with E-state index in [0.717, 1.165) is 50.0 Å². The maximum absolute atomic E-state index is 12.9. The number of hydrogen-bond acceptors (Lipinski definition) is 5. The standard InChI is InChI=1S/C21H28N4O3/c1-27-17-11-7-8-15(14-17)19-23-20(28-24-19)18-12-5-6-13-25(18)21(26)22-16-9-3-2-4-10-16/h7-8,11,14,16,18H,2-6,9-10,12-13H2,1H3,(H,22,26)/t18-/m1/s1. The minimum atomic E-state index is -0.163. The van der Waals surface area contributed by atoms with Gasteiger partial charge in [0, 0.05) is 18.2 Å². The van der Waals surface area contributed by atoms with E-state index >= 15 is 0 Å². The Morgan fingerprint density at radius 2 is 2.00 bits per heavy atom. The zero-order valence-corrected chi connectivity index (χ0v) is 16.4. The van der Waals surface area contributed by atoms with Crippen molar-refractivity contribution in [1.82, 2.24) is 20.4 Å². The van der Waals surface area contributed by atoms with Crippen molar-refractivity contribution in [2.24, 2.45) is 0 Å². The van der Waals surface area contributed by atoms with Crippen LogP contribution in [0.15, 0.2) is 28.8 Å². The Kier molecular flexibility index (Phi) is 5.78. The third-order valence-corrected chi connectivity index (χ3v) is 5.75. The highest BCUT2D eigenvalue weighted by Crippen LogP contribution is 2.32. The first kappa shape index (κ1) is 18.8. The van der Waals surface area contributed by atoms with Gasteiger partial charge in [0.2, 0.25) is 11.7 Å². The molecule has 1 aliphatic carbocycles. The molecular weight excluding hydrogens is 356 g/mol. The van der Waals surface area contributed by atoms with Crippen LogP contribution in [0.25, 0.3) is 11.4 Å². The van der Waals surface area contributed by atoms with Crippen molar-refractivity contribution in [2.45, 2.75) is 63.5 Å². The molecule has 0 unspecified atom stereocenters. The molecule has 2 aromatic rings. The molecule has 1 aromatic carbocycles. The van der Waals surface area contributed by atoms with Gasteiger partial charge in [0.05, 0.1) is 7.11 Å². The van der Waals surface area contributed by atoms with Crippen molar-refractivity contribution in [3.05, 3.63) is 30.2 Å². The second-order valence-corrected chi connectivity index (χ2v) is 7.68. The lowest BCUT2D eigenvalue weighted by atomic mass is 9.95. The number of rotatable bonds is 4. The summed E-state index contributed by atoms with van der Waals surface area (Å²) in [7, 11) is 1.63. The van der Waals surface area contributed by atoms with Gasteiger partial charge in [-0.3, -0.25) is 0 Å². The fourth-order valence-corrected chi connectivity index (χ4v) is 4.19. The highest BCUT2D eigenvalue weighted by atomic mass is 16.5. The van der Waals surface area contributed by atoms with E-state index in [2.05, 4.69) is 15.5 Å². The van der Waals surface area contributed by atoms with Gasteiger partial charge in [0.15, 0.2) is 0 Å². The second kappa shape index (κ2) is 8.63. The predicted octanol–water partition coefficient (Wildman–Crippen LogP) is 4.31. The number of carbonyl (C=O) groups is 1. The van der Waals surface area contributed by atoms with Crippen molar-refractivity contribution in [3.63, 3.8) is 0 Å². The number of piperidine rings is 1. The van der Waals surface area contributed by atoms with Crippen molar-refractivity contribution in [2.75, 3.05) is 13.7 Å². The van der Waals surface area contributed by atoms with E-state index in [-0.39, 0.29) is 12.1 Å². The highest BCUT2D eigenvalue weighted by molar-refractivity contribution is 5.75. The topological polar surface area (TPSA) is 80.5 Å². The molecule has 2 amide bonds. The van der Waals surface area contributed by atoms with Crippen molar-refractivity contribution >= 4 is 6.03 Å². The third kappa shape index (κ3) is 4.13. The zero-order valence-electron chi connectivity index (χ0n) is 16.4. The van der Waals surface area contributed by atoms with E-state index in [4.69, 9.17) is 9.26 Å². The summed E-state index contributed by atoms with van der Waals surface area (Å²) < 4.78 is 10.9. The van der Waals surface area contributed by atoms with Crippen molar-refractivity contribution in [3.8, 4) is 17.1 Å². The molecule has 28 heavy (non-hydrogen) atoms. The van der Waals surface area contributed by atoms with Gasteiger partial charge in [-0.15, -0.1) is 0 Å². The van der Waals surface area contributed by atoms with Gasteiger partial charge in [-0.1, -0.05) is 36.6 Å². The largest absolute Gasteiger partial charge is 0.497 e. The van der Waals surface area contributed by atoms with Crippen LogP contribution in [0, 0.1) is 0 Å². The number of urea groups is 1. The van der Waals surface area contributed by atoms with Crippen LogP contribution in [-0.2, 0) is 0 Å². The molecule has 1 aromatic heterocycles. The summed E-state index contributed by atoms with van der Waals surface area (Å²) in [6.45, 7) is 0.722. The van der Waals surface area contributed by atoms with E-state index < -0.39 is 0 Å². The summed E-state index contributed by atoms with van der Waals surface area (Å²) >= 11 is 0. The number of aromatic nitrogens is 2. The lowest BCUT2D eigenvalue weighted by Crippen LogP contribution is -2.48. The fraction of sp³-hybridized carbons (Fsp3) is 0.571. The van der Waals surface area contributed by atoms with Crippen LogP contribution in [-0.4, -0.2) is 40.8 Å². The molecule has 2 heterocycles. The van der Waals surface area contributed by atoms with Crippen LogP contribution in [0.3, 0.4) is 0 Å². The number of hydrogen-bond donors (Lipinski definition) is 1. The summed E-state index contributed by atoms with van der Waals surface area (Å²) in [5, 5.41) is 7.37. The molecule has 7 heteroatoms. The molecule has 0 bridgehead atoms. The van der Waals surface area contributed by atoms with Crippen LogP contribution in [0.1, 0.15) is 63.3 Å². The average molecular weight is 384 g/mol. The summed E-state index contributed by atoms with van der Waals surface area (Å²) in [5.74, 6) is 1.78. The summed E-state index contributed by atoms with van der Waals surface area (Å²) in [4.78, 5) is 19.4. The monoisotopic (exact) mass is 384 g/mol. The van der Waals surface area contributed by atoms with E-state index in [9.17, 15) is 4.79 Å². The van der Waals surface area contributed by atoms with Crippen LogP contribution in [0.4, 0.5) is 4.79 Å². The number of amides is 2. The van der Waals surface area contributed by atoms with E-state index in [1.807, 2.05) is 29.2 Å². The lowest BCUT2D eigenvalue weighted by molar-refractivity contribution is 0.127. The third-order valence-electron chi connectivity index (χ3n) is 5.75. The average Bonchev–Trinajstić information content (AvgIpc) is 3.25. The molecule has 1 saturated heterocycles. The number of likely N-dealkylation sites (tertiary alicyclic amines) is 1. The number of methoxy groups -OCH3 is 1. The van der Waals surface area contributed by atoms with Gasteiger partial charge in [-0.05, 0) is 44.2 Å². The summed E-state index contributed by atoms with van der Waals surface area (Å²) in [6.07, 6.45) is 8.71. The van der Waals surface area contributed by atoms with E-state index in [0.29, 0.717) is 17.8 Å². The van der Waals surface area contributed by atoms with Crippen LogP contribution in [0.5, 0.6) is 5.75 Å². The Morgan fingerprint density at radius 3 is 2.82 bits per heavy atom. The van der Waals surface area contributed by atoms with Gasteiger partial charge < -0.3 is 19.5 Å². The first-order valence-corrected chi connectivity index (χ1v) is 10.3. The van der Waals surface area contributed by atoms with Gasteiger partial charge in [-0.2, -0.15) is 4.98 Å². The van der Waals surface area contributed by atoms with Gasteiger partial charge in [0.1, 0.15) is 11.8 Å². The molecule has 0 radical (unpaired) electrons. The Labute approximate surface area is 165 Å². The quantitative estimate of drug-likeness (QED) is 0.849. The summed E-state index contributed by atoms with van der Waals surface area (Å²) in [6, 6.07) is 7.70. The lowest BCUT2D eigenvalue weighted by Gasteiger charge is -2.35. The van der Waals surface area contributed by atoms with Crippen LogP contribution < -0.4 is 10.1 Å². The number of ether oxygens (including phenoxy) is 1. The highest BCUT2D eigenvalue weighted by Gasteiger charge is 2.33. The molecule has 7 nitrogen and oxygen atoms in total. The molecule has 2 aliphatic rings. The van der Waals surface area contributed by atoms with E-state index in [1.54, 1.807) is 7.11 Å². The molecule has 1 atom stereocenters. The smallest absolute Gasteiger partial charge is 0.318 e. The van der Waals surface area contributed by atoms with Gasteiger partial charge in [-0.25, -0.2) is 4.79 Å². The minimum absolute atomic E-state index is 0.00210. The maximum atomic E-state index is 12.9. The minimum Gasteiger partial charge on any atom is -0.497 e. The Hall–Kier alpha value is -2.57. The first-order chi connectivity index (χ1) is 13.7. The number of carbonyl (C=O) groups excluding carboxylic acids is 1. The Morgan fingerprint density at radius 1 is 1.18 bits per heavy atom. The van der Waals surface area contributed by atoms with Crippen LogP contribution >= 0.6 is 0 Å². The van der Waals surface area contributed by atoms with Gasteiger partial charge >= 0.3 is 6.03 Å². The van der Waals surface area contributed by atoms with Gasteiger partial charge in [0.25, 0.3) is 0 Å². The molecule has 0 spiro atoms. The SMILES string of the molecule is COc1cccc(-c2noc([C@H]3CCCCN3C(=O)NC3CCCCC3)n2)c1. The van der Waals surface area contributed by atoms with Crippen molar-refractivity contribution in [1.29, 1.82) is 0 Å². The zero-order chi connectivity index (χ0) is 19.3. The van der Waals surface area contributed by atoms with Crippen LogP contribution in [0.2, 0.25) is 0 Å². The molecule has 1 N–H and O–H groups in total. The molecule has 4 rings (SSSR count). The van der Waals surface area contributed by atoms with E-state index in [1.165, 1.54) is 19.3 Å².